The van der Waals surface area contributed by atoms with Crippen LogP contribution in [-0.4, -0.2) is 24.1 Å². The highest BCUT2D eigenvalue weighted by molar-refractivity contribution is 8.03. The van der Waals surface area contributed by atoms with Gasteiger partial charge in [-0.15, -0.1) is 11.8 Å². The fourth-order valence-corrected chi connectivity index (χ4v) is 2.12. The molecule has 0 atom stereocenters. The predicted octanol–water partition coefficient (Wildman–Crippen LogP) is 1.92. The van der Waals surface area contributed by atoms with Crippen molar-refractivity contribution in [1.82, 2.24) is 0 Å². The van der Waals surface area contributed by atoms with Gasteiger partial charge in [0.1, 0.15) is 0 Å². The number of allylic oxidation sites excluding steroid dienone is 2. The van der Waals surface area contributed by atoms with Crippen LogP contribution in [-0.2, 0) is 14.3 Å². The Balaban J connectivity index is 2.30. The Kier molecular flexibility index (Phi) is 4.73. The van der Waals surface area contributed by atoms with Crippen LogP contribution in [0.1, 0.15) is 26.2 Å². The van der Waals surface area contributed by atoms with Gasteiger partial charge in [-0.2, -0.15) is 0 Å². The van der Waals surface area contributed by atoms with Gasteiger partial charge in [0.05, 0.1) is 12.4 Å². The fourth-order valence-electron chi connectivity index (χ4n) is 1.23. The zero-order chi connectivity index (χ0) is 10.4. The summed E-state index contributed by atoms with van der Waals surface area (Å²) >= 11 is 1.41. The van der Waals surface area contributed by atoms with Crippen LogP contribution in [0.15, 0.2) is 11.0 Å². The van der Waals surface area contributed by atoms with Crippen LogP contribution in [0.25, 0.3) is 0 Å². The Morgan fingerprint density at radius 1 is 1.57 bits per heavy atom. The molecule has 0 spiro atoms. The van der Waals surface area contributed by atoms with E-state index in [1.807, 2.05) is 0 Å². The molecule has 0 aromatic carbocycles. The lowest BCUT2D eigenvalue weighted by Crippen LogP contribution is -2.08. The van der Waals surface area contributed by atoms with Gasteiger partial charge >= 0.3 is 5.97 Å². The Morgan fingerprint density at radius 2 is 2.36 bits per heavy atom. The smallest absolute Gasteiger partial charge is 0.316 e. The highest BCUT2D eigenvalue weighted by atomic mass is 32.2. The second-order valence-electron chi connectivity index (χ2n) is 3.02. The molecule has 0 heterocycles. The summed E-state index contributed by atoms with van der Waals surface area (Å²) in [5.41, 5.74) is 0. The van der Waals surface area contributed by atoms with Crippen molar-refractivity contribution in [2.75, 3.05) is 12.4 Å². The van der Waals surface area contributed by atoms with E-state index in [1.54, 1.807) is 13.0 Å². The topological polar surface area (TPSA) is 43.4 Å². The van der Waals surface area contributed by atoms with Crippen LogP contribution >= 0.6 is 11.8 Å². The normalized spacial score (nSPS) is 16.4. The third kappa shape index (κ3) is 3.96. The molecule has 78 valence electrons. The van der Waals surface area contributed by atoms with E-state index in [9.17, 15) is 9.59 Å². The first-order valence-corrected chi connectivity index (χ1v) is 5.72. The molecule has 3 nitrogen and oxygen atoms in total. The molecule has 1 rings (SSSR count). The summed E-state index contributed by atoms with van der Waals surface area (Å²) in [7, 11) is 0. The second-order valence-corrected chi connectivity index (χ2v) is 4.13. The third-order valence-electron chi connectivity index (χ3n) is 1.85. The number of ketones is 1. The van der Waals surface area contributed by atoms with Gasteiger partial charge in [0, 0.05) is 6.42 Å². The van der Waals surface area contributed by atoms with E-state index in [4.69, 9.17) is 4.74 Å². The first-order valence-electron chi connectivity index (χ1n) is 4.74. The van der Waals surface area contributed by atoms with Crippen LogP contribution in [0.3, 0.4) is 0 Å². The number of rotatable bonds is 4. The number of esters is 1. The van der Waals surface area contributed by atoms with Crippen LogP contribution in [0.4, 0.5) is 0 Å². The molecule has 0 aliphatic heterocycles. The highest BCUT2D eigenvalue weighted by Gasteiger charge is 2.11. The molecule has 0 radical (unpaired) electrons. The van der Waals surface area contributed by atoms with E-state index in [1.165, 1.54) is 11.8 Å². The zero-order valence-electron chi connectivity index (χ0n) is 8.25. The van der Waals surface area contributed by atoms with Gasteiger partial charge in [-0.05, 0) is 30.7 Å². The lowest BCUT2D eigenvalue weighted by atomic mass is 10.1. The van der Waals surface area contributed by atoms with Crippen molar-refractivity contribution in [2.24, 2.45) is 0 Å². The summed E-state index contributed by atoms with van der Waals surface area (Å²) in [5.74, 6) is 0.270. The molecule has 1 aliphatic carbocycles. The lowest BCUT2D eigenvalue weighted by Gasteiger charge is -2.10. The quantitative estimate of drug-likeness (QED) is 0.671. The number of thioether (sulfide) groups is 1. The van der Waals surface area contributed by atoms with E-state index >= 15 is 0 Å². The van der Waals surface area contributed by atoms with E-state index in [-0.39, 0.29) is 11.8 Å². The van der Waals surface area contributed by atoms with Crippen molar-refractivity contribution >= 4 is 23.5 Å². The van der Waals surface area contributed by atoms with Crippen molar-refractivity contribution in [3.8, 4) is 0 Å². The van der Waals surface area contributed by atoms with Crippen molar-refractivity contribution in [1.29, 1.82) is 0 Å². The Morgan fingerprint density at radius 3 is 3.00 bits per heavy atom. The molecule has 0 fully saturated rings. The molecular weight excluding hydrogens is 200 g/mol. The molecule has 1 aliphatic rings. The molecule has 0 amide bonds. The Hall–Kier alpha value is -0.770. The summed E-state index contributed by atoms with van der Waals surface area (Å²) in [6.45, 7) is 2.20. The number of carbonyl (C=O) groups excluding carboxylic acids is 2. The molecule has 0 unspecified atom stereocenters. The average Bonchev–Trinajstić information content (AvgIpc) is 2.15. The van der Waals surface area contributed by atoms with Crippen molar-refractivity contribution in [3.63, 3.8) is 0 Å². The molecule has 0 saturated carbocycles. The monoisotopic (exact) mass is 214 g/mol. The summed E-state index contributed by atoms with van der Waals surface area (Å²) in [6, 6.07) is 0. The summed E-state index contributed by atoms with van der Waals surface area (Å²) in [5, 5.41) is 0. The van der Waals surface area contributed by atoms with E-state index in [2.05, 4.69) is 0 Å². The number of ether oxygens (including phenoxy) is 1. The van der Waals surface area contributed by atoms with Crippen LogP contribution in [0.5, 0.6) is 0 Å². The number of hydrogen-bond donors (Lipinski definition) is 0. The van der Waals surface area contributed by atoms with Gasteiger partial charge in [0.15, 0.2) is 5.78 Å². The molecule has 0 aromatic heterocycles. The molecule has 0 bridgehead atoms. The Labute approximate surface area is 87.9 Å². The number of hydrogen-bond acceptors (Lipinski definition) is 4. The van der Waals surface area contributed by atoms with Crippen molar-refractivity contribution in [2.45, 2.75) is 26.2 Å². The third-order valence-corrected chi connectivity index (χ3v) is 2.92. The first-order chi connectivity index (χ1) is 6.72. The van der Waals surface area contributed by atoms with Crippen molar-refractivity contribution in [3.05, 3.63) is 11.0 Å². The maximum Gasteiger partial charge on any atom is 0.316 e. The maximum atomic E-state index is 11.0. The molecule has 0 N–H and O–H groups in total. The van der Waals surface area contributed by atoms with Gasteiger partial charge in [-0.3, -0.25) is 9.59 Å². The van der Waals surface area contributed by atoms with Gasteiger partial charge in [-0.1, -0.05) is 0 Å². The van der Waals surface area contributed by atoms with Gasteiger partial charge < -0.3 is 4.74 Å². The van der Waals surface area contributed by atoms with Crippen LogP contribution in [0, 0.1) is 0 Å². The standard InChI is InChI=1S/C10H14O3S/c1-2-13-10(12)7-14-9-5-3-4-8(11)6-9/h6H,2-5,7H2,1H3. The highest BCUT2D eigenvalue weighted by Crippen LogP contribution is 2.25. The molecule has 14 heavy (non-hydrogen) atoms. The summed E-state index contributed by atoms with van der Waals surface area (Å²) in [6.07, 6.45) is 4.10. The minimum absolute atomic E-state index is 0.169. The van der Waals surface area contributed by atoms with Gasteiger partial charge in [0.2, 0.25) is 0 Å². The number of carbonyl (C=O) groups is 2. The fraction of sp³-hybridized carbons (Fsp3) is 0.600. The largest absolute Gasteiger partial charge is 0.465 e. The van der Waals surface area contributed by atoms with Crippen molar-refractivity contribution < 1.29 is 14.3 Å². The molecular formula is C10H14O3S. The first kappa shape index (κ1) is 11.3. The van der Waals surface area contributed by atoms with E-state index < -0.39 is 0 Å². The minimum atomic E-state index is -0.212. The molecule has 0 aromatic rings. The summed E-state index contributed by atoms with van der Waals surface area (Å²) < 4.78 is 4.79. The van der Waals surface area contributed by atoms with E-state index in [0.717, 1.165) is 17.7 Å². The van der Waals surface area contributed by atoms with Gasteiger partial charge in [-0.25, -0.2) is 0 Å². The predicted molar refractivity (Wildman–Crippen MR) is 56.0 cm³/mol. The SMILES string of the molecule is CCOC(=O)CSC1=CC(=O)CCC1. The minimum Gasteiger partial charge on any atom is -0.465 e. The van der Waals surface area contributed by atoms with Crippen LogP contribution < -0.4 is 0 Å². The van der Waals surface area contributed by atoms with Gasteiger partial charge in [0.25, 0.3) is 0 Å². The summed E-state index contributed by atoms with van der Waals surface area (Å²) in [4.78, 5) is 23.1. The molecule has 0 saturated heterocycles. The Bertz CT molecular complexity index is 258. The maximum absolute atomic E-state index is 11.0. The average molecular weight is 214 g/mol. The van der Waals surface area contributed by atoms with E-state index in [0.29, 0.717) is 18.8 Å². The lowest BCUT2D eigenvalue weighted by molar-refractivity contribution is -0.139. The van der Waals surface area contributed by atoms with Crippen LogP contribution in [0.2, 0.25) is 0 Å². The second kappa shape index (κ2) is 5.86. The zero-order valence-corrected chi connectivity index (χ0v) is 9.06. The molecule has 4 heteroatoms.